The molecule has 0 aliphatic carbocycles. The van der Waals surface area contributed by atoms with Crippen molar-refractivity contribution in [3.63, 3.8) is 0 Å². The largest absolute Gasteiger partial charge is 0.388 e. The number of ether oxygens (including phenoxy) is 2. The maximum absolute atomic E-state index is 4.25. The van der Waals surface area contributed by atoms with E-state index in [-0.39, 0.29) is 0 Å². The summed E-state index contributed by atoms with van der Waals surface area (Å²) < 4.78 is 8.50. The summed E-state index contributed by atoms with van der Waals surface area (Å²) in [5, 5.41) is 0. The predicted octanol–water partition coefficient (Wildman–Crippen LogP) is 10.4. The van der Waals surface area contributed by atoms with Crippen LogP contribution in [0.4, 0.5) is 0 Å². The Balaban J connectivity index is -0.0000000338. The van der Waals surface area contributed by atoms with Crippen molar-refractivity contribution >= 4 is 0 Å². The Hall–Kier alpha value is -1.64. The fourth-order valence-corrected chi connectivity index (χ4v) is 0.919. The number of hydrogen-bond acceptors (Lipinski definition) is 2. The summed E-state index contributed by atoms with van der Waals surface area (Å²) in [6.45, 7) is 26.1. The van der Waals surface area contributed by atoms with E-state index in [2.05, 4.69) is 28.5 Å². The van der Waals surface area contributed by atoms with Crippen molar-refractivity contribution in [3.05, 3.63) is 72.3 Å². The minimum absolute atomic E-state index is 1.32. The van der Waals surface area contributed by atoms with E-state index in [9.17, 15) is 0 Å². The van der Waals surface area contributed by atoms with E-state index in [0.29, 0.717) is 0 Å². The molecule has 0 bridgehead atoms. The van der Waals surface area contributed by atoms with Crippen LogP contribution in [-0.4, -0.2) is 28.4 Å². The van der Waals surface area contributed by atoms with Gasteiger partial charge in [-0.3, -0.25) is 0 Å². The van der Waals surface area contributed by atoms with Crippen LogP contribution in [0.1, 0.15) is 88.6 Å². The van der Waals surface area contributed by atoms with E-state index in [1.165, 1.54) is 5.56 Å². The second-order valence-corrected chi connectivity index (χ2v) is 3.63. The molecule has 0 N–H and O–H groups in total. The Morgan fingerprint density at radius 1 is 0.355 bits per heavy atom. The van der Waals surface area contributed by atoms with E-state index in [1.54, 1.807) is 28.4 Å². The molecule has 0 radical (unpaired) electrons. The number of methoxy groups -OCH3 is 2. The third kappa shape index (κ3) is 129. The molecule has 31 heavy (non-hydrogen) atoms. The minimum atomic E-state index is 1.32. The quantitative estimate of drug-likeness (QED) is 0.404. The van der Waals surface area contributed by atoms with Crippen LogP contribution < -0.4 is 0 Å². The van der Waals surface area contributed by atoms with Crippen LogP contribution >= 0.6 is 0 Å². The van der Waals surface area contributed by atoms with Gasteiger partial charge in [-0.1, -0.05) is 155 Å². The number of aryl methyl sites for hydroxylation is 1. The van der Waals surface area contributed by atoms with Crippen molar-refractivity contribution in [2.24, 2.45) is 0 Å². The van der Waals surface area contributed by atoms with Crippen molar-refractivity contribution < 1.29 is 9.47 Å². The second-order valence-electron chi connectivity index (χ2n) is 3.63. The molecule has 190 valence electrons. The first-order valence-corrected chi connectivity index (χ1v) is 12.0. The molecule has 2 nitrogen and oxygen atoms in total. The molecular formula is C29H62O2. The first-order valence-electron chi connectivity index (χ1n) is 12.0. The molecule has 0 aliphatic heterocycles. The van der Waals surface area contributed by atoms with Gasteiger partial charge in [-0.2, -0.15) is 0 Å². The first-order chi connectivity index (χ1) is 15.2. The molecule has 2 rings (SSSR count). The van der Waals surface area contributed by atoms with Gasteiger partial charge in [-0.05, 0) is 6.92 Å². The molecule has 0 unspecified atom stereocenters. The topological polar surface area (TPSA) is 18.5 Å². The lowest BCUT2D eigenvalue weighted by Gasteiger charge is -1.82. The summed E-state index contributed by atoms with van der Waals surface area (Å²) in [7, 11) is 6.50. The molecule has 0 aromatic heterocycles. The smallest absolute Gasteiger partial charge is 0.0351 e. The molecule has 0 spiro atoms. The summed E-state index contributed by atoms with van der Waals surface area (Å²) in [5.41, 5.74) is 1.32. The van der Waals surface area contributed by atoms with Crippen LogP contribution in [0.3, 0.4) is 0 Å². The van der Waals surface area contributed by atoms with Crippen molar-refractivity contribution in [2.75, 3.05) is 28.4 Å². The van der Waals surface area contributed by atoms with Crippen molar-refractivity contribution in [3.8, 4) is 0 Å². The van der Waals surface area contributed by atoms with E-state index in [0.717, 1.165) is 0 Å². The van der Waals surface area contributed by atoms with Gasteiger partial charge in [0, 0.05) is 28.4 Å². The Bertz CT molecular complexity index is 306. The summed E-state index contributed by atoms with van der Waals surface area (Å²) >= 11 is 0. The van der Waals surface area contributed by atoms with Crippen LogP contribution in [-0.2, 0) is 9.47 Å². The van der Waals surface area contributed by atoms with E-state index in [4.69, 9.17) is 0 Å². The minimum Gasteiger partial charge on any atom is -0.388 e. The maximum atomic E-state index is 4.25. The molecule has 2 aromatic rings. The van der Waals surface area contributed by atoms with Gasteiger partial charge in [0.1, 0.15) is 0 Å². The first kappa shape index (κ1) is 51.8. The third-order valence-electron chi connectivity index (χ3n) is 1.61. The number of rotatable bonds is 0. The average Bonchev–Trinajstić information content (AvgIpc) is 2.89. The van der Waals surface area contributed by atoms with Crippen molar-refractivity contribution in [1.29, 1.82) is 0 Å². The summed E-state index contributed by atoms with van der Waals surface area (Å²) in [5.74, 6) is 0. The highest BCUT2D eigenvalue weighted by Gasteiger charge is 1.72. The highest BCUT2D eigenvalue weighted by atomic mass is 16.5. The lowest BCUT2D eigenvalue weighted by Crippen LogP contribution is -1.62. The zero-order valence-electron chi connectivity index (χ0n) is 24.7. The Kier molecular flexibility index (Phi) is 172. The van der Waals surface area contributed by atoms with Crippen LogP contribution in [0.15, 0.2) is 66.7 Å². The zero-order chi connectivity index (χ0) is 26.8. The van der Waals surface area contributed by atoms with Crippen molar-refractivity contribution in [1.82, 2.24) is 0 Å². The fraction of sp³-hybridized carbons (Fsp3) is 0.586. The summed E-state index contributed by atoms with van der Waals surface area (Å²) in [4.78, 5) is 0. The highest BCUT2D eigenvalue weighted by Crippen LogP contribution is 1.92. The molecule has 0 fully saturated rings. The molecule has 0 amide bonds. The SMILES string of the molecule is CC.CC.CC.CC.CC.CC.COC.COC.Cc1ccccc1.c1ccccc1. The van der Waals surface area contributed by atoms with Crippen LogP contribution in [0.5, 0.6) is 0 Å². The van der Waals surface area contributed by atoms with Crippen LogP contribution in [0, 0.1) is 6.92 Å². The summed E-state index contributed by atoms with van der Waals surface area (Å²) in [6, 6.07) is 22.3. The van der Waals surface area contributed by atoms with Crippen LogP contribution in [0.25, 0.3) is 0 Å². The molecule has 2 heteroatoms. The average molecular weight is 443 g/mol. The Morgan fingerprint density at radius 3 is 0.581 bits per heavy atom. The fourth-order valence-electron chi connectivity index (χ4n) is 0.919. The van der Waals surface area contributed by atoms with E-state index < -0.39 is 0 Å². The molecule has 0 atom stereocenters. The van der Waals surface area contributed by atoms with Gasteiger partial charge in [0.25, 0.3) is 0 Å². The van der Waals surface area contributed by atoms with Gasteiger partial charge < -0.3 is 9.47 Å². The van der Waals surface area contributed by atoms with Gasteiger partial charge in [0.2, 0.25) is 0 Å². The van der Waals surface area contributed by atoms with Gasteiger partial charge in [0.05, 0.1) is 0 Å². The molecule has 0 saturated heterocycles. The highest BCUT2D eigenvalue weighted by molar-refractivity contribution is 5.11. The lowest BCUT2D eigenvalue weighted by atomic mass is 10.2. The monoisotopic (exact) mass is 442 g/mol. The normalized spacial score (nSPS) is 5.84. The maximum Gasteiger partial charge on any atom is 0.0351 e. The standard InChI is InChI=1S/C7H8.C6H6.2C2H6O.6C2H6/c1-7-5-3-2-4-6-7;1-2-4-6-5-3-1;2*1-3-2;6*1-2/h2-6H,1H3;1-6H;2*1-2H3;6*1-2H3. The number of hydrogen-bond donors (Lipinski definition) is 0. The molecule has 0 aliphatic rings. The predicted molar refractivity (Wildman–Crippen MR) is 152 cm³/mol. The van der Waals surface area contributed by atoms with E-state index in [1.807, 2.05) is 138 Å². The number of benzene rings is 2. The Labute approximate surface area is 200 Å². The van der Waals surface area contributed by atoms with Gasteiger partial charge in [0.15, 0.2) is 0 Å². The van der Waals surface area contributed by atoms with Gasteiger partial charge in [-0.25, -0.2) is 0 Å². The van der Waals surface area contributed by atoms with Gasteiger partial charge in [-0.15, -0.1) is 0 Å². The van der Waals surface area contributed by atoms with E-state index >= 15 is 0 Å². The lowest BCUT2D eigenvalue weighted by molar-refractivity contribution is 0.277. The molecule has 0 saturated carbocycles. The zero-order valence-corrected chi connectivity index (χ0v) is 24.7. The summed E-state index contributed by atoms with van der Waals surface area (Å²) in [6.07, 6.45) is 0. The van der Waals surface area contributed by atoms with Crippen molar-refractivity contribution in [2.45, 2.75) is 90.0 Å². The molecule has 2 aromatic carbocycles. The third-order valence-corrected chi connectivity index (χ3v) is 1.61. The van der Waals surface area contributed by atoms with Crippen LogP contribution in [0.2, 0.25) is 0 Å². The molecule has 0 heterocycles. The van der Waals surface area contributed by atoms with Gasteiger partial charge >= 0.3 is 0 Å². The Morgan fingerprint density at radius 2 is 0.484 bits per heavy atom. The molecular weight excluding hydrogens is 380 g/mol. The second kappa shape index (κ2) is 103.